The molecule has 0 radical (unpaired) electrons. The number of carboxylic acids is 1. The van der Waals surface area contributed by atoms with E-state index in [1.54, 1.807) is 6.07 Å². The van der Waals surface area contributed by atoms with Gasteiger partial charge in [-0.25, -0.2) is 9.38 Å². The molecule has 2 atom stereocenters. The smallest absolute Gasteiger partial charge is 0.416 e. The van der Waals surface area contributed by atoms with Crippen molar-refractivity contribution in [2.45, 2.75) is 31.7 Å². The monoisotopic (exact) mass is 563 g/mol. The summed E-state index contributed by atoms with van der Waals surface area (Å²) in [7, 11) is 0. The summed E-state index contributed by atoms with van der Waals surface area (Å²) in [4.78, 5) is 41.1. The number of nitrogens with zero attached hydrogens (tertiary/aromatic N) is 2. The van der Waals surface area contributed by atoms with Gasteiger partial charge in [-0.15, -0.1) is 0 Å². The lowest BCUT2D eigenvalue weighted by atomic mass is 9.98. The number of aryl methyl sites for hydroxylation is 1. The van der Waals surface area contributed by atoms with Crippen molar-refractivity contribution in [3.05, 3.63) is 58.8 Å². The summed E-state index contributed by atoms with van der Waals surface area (Å²) < 4.78 is 53.2. The lowest BCUT2D eigenvalue weighted by Crippen LogP contribution is -2.41. The second-order valence-electron chi connectivity index (χ2n) is 9.18. The van der Waals surface area contributed by atoms with Gasteiger partial charge < -0.3 is 26.4 Å². The fourth-order valence-corrected chi connectivity index (χ4v) is 4.16. The molecular weight excluding hydrogens is 538 g/mol. The Morgan fingerprint density at radius 1 is 1.18 bits per heavy atom. The quantitative estimate of drug-likeness (QED) is 0.230. The van der Waals surface area contributed by atoms with Crippen LogP contribution in [0.2, 0.25) is 0 Å². The summed E-state index contributed by atoms with van der Waals surface area (Å²) in [6.45, 7) is 0.888. The van der Waals surface area contributed by atoms with E-state index >= 15 is 0 Å². The Kier molecular flexibility index (Phi) is 8.21. The molecule has 0 saturated heterocycles. The molecule has 212 valence electrons. The molecule has 0 fully saturated rings. The van der Waals surface area contributed by atoms with Crippen LogP contribution >= 0.6 is 0 Å². The van der Waals surface area contributed by atoms with Crippen molar-refractivity contribution in [1.29, 1.82) is 0 Å². The number of aliphatic imine (C=N–C) groups is 1. The minimum Gasteiger partial charge on any atom is -0.481 e. The van der Waals surface area contributed by atoms with Crippen LogP contribution in [0, 0.1) is 6.92 Å². The Morgan fingerprint density at radius 2 is 1.95 bits per heavy atom. The number of alkyl halides is 4. The fraction of sp³-hybridized carbons (Fsp3) is 0.320. The molecule has 11 nitrogen and oxygen atoms in total. The van der Waals surface area contributed by atoms with E-state index in [1.807, 2.05) is 0 Å². The number of carbonyl (C=O) groups is 3. The molecule has 4 rings (SSSR count). The SMILES string of the molecule is Cc1cc([C@H](CC(=O)O)NC(=O)CNC(=O)c2cc(NC3=NCC(F)CN3)cc3[nH]ncc23)cc(C(F)(F)F)c1. The molecule has 0 aliphatic carbocycles. The number of hydrogen-bond acceptors (Lipinski definition) is 7. The van der Waals surface area contributed by atoms with E-state index in [9.17, 15) is 37.1 Å². The largest absolute Gasteiger partial charge is 0.481 e. The van der Waals surface area contributed by atoms with Gasteiger partial charge in [0, 0.05) is 11.1 Å². The molecule has 2 aromatic carbocycles. The Labute approximate surface area is 224 Å². The Morgan fingerprint density at radius 3 is 2.62 bits per heavy atom. The van der Waals surface area contributed by atoms with Crippen molar-refractivity contribution >= 4 is 40.3 Å². The summed E-state index contributed by atoms with van der Waals surface area (Å²) in [6.07, 6.45) is -5.04. The molecule has 1 aliphatic heterocycles. The highest BCUT2D eigenvalue weighted by Gasteiger charge is 2.32. The van der Waals surface area contributed by atoms with E-state index in [0.29, 0.717) is 22.5 Å². The molecule has 1 aromatic heterocycles. The molecule has 0 saturated carbocycles. The van der Waals surface area contributed by atoms with E-state index in [1.165, 1.54) is 25.3 Å². The van der Waals surface area contributed by atoms with Crippen LogP contribution in [0.3, 0.4) is 0 Å². The number of hydrogen-bond donors (Lipinski definition) is 6. The number of halogens is 4. The maximum Gasteiger partial charge on any atom is 0.416 e. The first-order valence-corrected chi connectivity index (χ1v) is 12.0. The number of H-pyrrole nitrogens is 1. The second kappa shape index (κ2) is 11.6. The van der Waals surface area contributed by atoms with Crippen molar-refractivity contribution in [3.8, 4) is 0 Å². The fourth-order valence-electron chi connectivity index (χ4n) is 4.16. The van der Waals surface area contributed by atoms with Crippen molar-refractivity contribution in [2.24, 2.45) is 4.99 Å². The Hall–Kier alpha value is -4.69. The third-order valence-corrected chi connectivity index (χ3v) is 5.96. The number of benzene rings is 2. The maximum atomic E-state index is 13.3. The molecular formula is C25H25F4N7O4. The lowest BCUT2D eigenvalue weighted by molar-refractivity contribution is -0.138. The standard InChI is InChI=1S/C25H25F4N7O4/c1-12-2-13(4-14(3-12)25(27,28)29)19(7-22(38)39)35-21(37)11-30-23(40)17-5-16(6-20-18(17)10-33-36-20)34-24-31-8-15(26)9-32-24/h2-6,10,15,19H,7-9,11H2,1H3,(H,30,40)(H,33,36)(H,35,37)(H,38,39)(H2,31,32,34)/t19-/m0/s1. The molecule has 0 spiro atoms. The predicted molar refractivity (Wildman–Crippen MR) is 137 cm³/mol. The van der Waals surface area contributed by atoms with Crippen LogP contribution in [0.4, 0.5) is 23.2 Å². The van der Waals surface area contributed by atoms with Gasteiger partial charge in [0.1, 0.15) is 6.17 Å². The molecule has 1 unspecified atom stereocenters. The van der Waals surface area contributed by atoms with Crippen molar-refractivity contribution in [3.63, 3.8) is 0 Å². The number of anilines is 1. The number of carboxylic acid groups (broad SMARTS) is 1. The van der Waals surface area contributed by atoms with Gasteiger partial charge in [-0.2, -0.15) is 18.3 Å². The number of aliphatic carboxylic acids is 1. The van der Waals surface area contributed by atoms with Crippen LogP contribution in [0.15, 0.2) is 41.5 Å². The number of carbonyl (C=O) groups excluding carboxylic acids is 2. The molecule has 40 heavy (non-hydrogen) atoms. The zero-order valence-electron chi connectivity index (χ0n) is 21.0. The molecule has 2 heterocycles. The molecule has 2 amide bonds. The lowest BCUT2D eigenvalue weighted by Gasteiger charge is -2.20. The number of fused-ring (bicyclic) bond motifs is 1. The van der Waals surface area contributed by atoms with Crippen LogP contribution in [-0.4, -0.2) is 64.9 Å². The second-order valence-corrected chi connectivity index (χ2v) is 9.18. The van der Waals surface area contributed by atoms with E-state index in [-0.39, 0.29) is 29.8 Å². The first kappa shape index (κ1) is 28.3. The van der Waals surface area contributed by atoms with Crippen LogP contribution in [-0.2, 0) is 15.8 Å². The zero-order chi connectivity index (χ0) is 29.0. The first-order chi connectivity index (χ1) is 18.9. The van der Waals surface area contributed by atoms with E-state index in [2.05, 4.69) is 36.5 Å². The normalized spacial score (nSPS) is 16.0. The molecule has 1 aliphatic rings. The van der Waals surface area contributed by atoms with Crippen LogP contribution in [0.25, 0.3) is 10.9 Å². The summed E-state index contributed by atoms with van der Waals surface area (Å²) in [5, 5.41) is 26.9. The van der Waals surface area contributed by atoms with Crippen molar-refractivity contribution < 1.29 is 37.1 Å². The van der Waals surface area contributed by atoms with E-state index in [0.717, 1.165) is 12.1 Å². The summed E-state index contributed by atoms with van der Waals surface area (Å²) in [6, 6.07) is 4.92. The van der Waals surface area contributed by atoms with Crippen LogP contribution < -0.4 is 21.3 Å². The van der Waals surface area contributed by atoms with Crippen molar-refractivity contribution in [1.82, 2.24) is 26.1 Å². The molecule has 15 heteroatoms. The van der Waals surface area contributed by atoms with E-state index in [4.69, 9.17) is 0 Å². The predicted octanol–water partition coefficient (Wildman–Crippen LogP) is 2.66. The number of guanidine groups is 1. The minimum absolute atomic E-state index is 0.0208. The average Bonchev–Trinajstić information content (AvgIpc) is 3.35. The molecule has 6 N–H and O–H groups in total. The number of amides is 2. The van der Waals surface area contributed by atoms with E-state index < -0.39 is 54.7 Å². The van der Waals surface area contributed by atoms with Gasteiger partial charge in [-0.3, -0.25) is 19.5 Å². The summed E-state index contributed by atoms with van der Waals surface area (Å²) in [5.74, 6) is -2.51. The highest BCUT2D eigenvalue weighted by Crippen LogP contribution is 2.32. The third-order valence-electron chi connectivity index (χ3n) is 5.96. The highest BCUT2D eigenvalue weighted by atomic mass is 19.4. The Balaban J connectivity index is 1.47. The number of rotatable bonds is 8. The molecule has 0 bridgehead atoms. The number of nitrogens with one attached hydrogen (secondary N) is 5. The Bertz CT molecular complexity index is 1470. The van der Waals surface area contributed by atoms with Crippen LogP contribution in [0.1, 0.15) is 39.5 Å². The number of aromatic amines is 1. The molecule has 3 aromatic rings. The highest BCUT2D eigenvalue weighted by molar-refractivity contribution is 6.09. The van der Waals surface area contributed by atoms with Crippen LogP contribution in [0.5, 0.6) is 0 Å². The number of aromatic nitrogens is 2. The summed E-state index contributed by atoms with van der Waals surface area (Å²) in [5.41, 5.74) is 0.275. The van der Waals surface area contributed by atoms with Gasteiger partial charge in [0.25, 0.3) is 5.91 Å². The average molecular weight is 564 g/mol. The van der Waals surface area contributed by atoms with Gasteiger partial charge in [-0.05, 0) is 36.8 Å². The third kappa shape index (κ3) is 7.03. The van der Waals surface area contributed by atoms with Gasteiger partial charge in [0.15, 0.2) is 5.96 Å². The van der Waals surface area contributed by atoms with Crippen molar-refractivity contribution in [2.75, 3.05) is 25.0 Å². The maximum absolute atomic E-state index is 13.3. The summed E-state index contributed by atoms with van der Waals surface area (Å²) >= 11 is 0. The van der Waals surface area contributed by atoms with Gasteiger partial charge >= 0.3 is 12.1 Å². The first-order valence-electron chi connectivity index (χ1n) is 12.0. The topological polar surface area (TPSA) is 161 Å². The van der Waals surface area contributed by atoms with Gasteiger partial charge in [-0.1, -0.05) is 11.6 Å². The van der Waals surface area contributed by atoms with Gasteiger partial charge in [0.2, 0.25) is 5.91 Å². The van der Waals surface area contributed by atoms with Gasteiger partial charge in [0.05, 0.1) is 54.9 Å². The zero-order valence-corrected chi connectivity index (χ0v) is 21.0. The minimum atomic E-state index is -4.66.